The van der Waals surface area contributed by atoms with Crippen molar-refractivity contribution in [3.05, 3.63) is 69.9 Å². The standard InChI is InChI=1S/C18H16N4O3/c1-11-7-12(2)9-14(8-11)20-18-19-6-5-15(21-18)13-3-4-17(23)16(10-13)22(24)25/h3-10,23H,1-2H3,(H,19,20,21). The molecule has 1 heterocycles. The molecule has 0 bridgehead atoms. The zero-order valence-corrected chi connectivity index (χ0v) is 13.7. The molecular formula is C18H16N4O3. The third-order valence-electron chi connectivity index (χ3n) is 3.60. The summed E-state index contributed by atoms with van der Waals surface area (Å²) in [5, 5.41) is 23.7. The molecule has 0 amide bonds. The number of phenolic OH excluding ortho intramolecular Hbond substituents is 1. The van der Waals surface area contributed by atoms with Crippen molar-refractivity contribution in [3.8, 4) is 17.0 Å². The minimum Gasteiger partial charge on any atom is -0.502 e. The van der Waals surface area contributed by atoms with Gasteiger partial charge in [0, 0.05) is 23.5 Å². The summed E-state index contributed by atoms with van der Waals surface area (Å²) in [4.78, 5) is 18.9. The summed E-state index contributed by atoms with van der Waals surface area (Å²) in [5.74, 6) is 0.00891. The maximum absolute atomic E-state index is 11.0. The number of nitro groups is 1. The minimum absolute atomic E-state index is 0.361. The van der Waals surface area contributed by atoms with Gasteiger partial charge >= 0.3 is 5.69 Å². The predicted molar refractivity (Wildman–Crippen MR) is 95.0 cm³/mol. The van der Waals surface area contributed by atoms with E-state index in [2.05, 4.69) is 21.4 Å². The van der Waals surface area contributed by atoms with Gasteiger partial charge in [-0.3, -0.25) is 10.1 Å². The van der Waals surface area contributed by atoms with Gasteiger partial charge in [-0.25, -0.2) is 9.97 Å². The topological polar surface area (TPSA) is 101 Å². The van der Waals surface area contributed by atoms with Gasteiger partial charge in [-0.15, -0.1) is 0 Å². The third kappa shape index (κ3) is 3.72. The Labute approximate surface area is 144 Å². The summed E-state index contributed by atoms with van der Waals surface area (Å²) in [7, 11) is 0. The number of hydrogen-bond donors (Lipinski definition) is 2. The van der Waals surface area contributed by atoms with E-state index < -0.39 is 4.92 Å². The molecular weight excluding hydrogens is 320 g/mol. The number of nitro benzene ring substituents is 1. The molecule has 126 valence electrons. The van der Waals surface area contributed by atoms with Crippen molar-refractivity contribution in [1.29, 1.82) is 0 Å². The maximum atomic E-state index is 11.0. The summed E-state index contributed by atoms with van der Waals surface area (Å²) >= 11 is 0. The molecule has 7 heteroatoms. The van der Waals surface area contributed by atoms with E-state index in [1.807, 2.05) is 26.0 Å². The van der Waals surface area contributed by atoms with Gasteiger partial charge in [-0.05, 0) is 55.3 Å². The Kier molecular flexibility index (Phi) is 4.30. The van der Waals surface area contributed by atoms with Crippen molar-refractivity contribution in [1.82, 2.24) is 9.97 Å². The fourth-order valence-electron chi connectivity index (χ4n) is 2.58. The highest BCUT2D eigenvalue weighted by Crippen LogP contribution is 2.30. The number of aromatic hydroxyl groups is 1. The van der Waals surface area contributed by atoms with Gasteiger partial charge in [0.1, 0.15) is 0 Å². The summed E-state index contributed by atoms with van der Waals surface area (Å²) < 4.78 is 0. The Bertz CT molecular complexity index is 937. The van der Waals surface area contributed by atoms with Gasteiger partial charge in [0.2, 0.25) is 5.95 Å². The molecule has 0 spiro atoms. The number of aromatic nitrogens is 2. The predicted octanol–water partition coefficient (Wildman–Crippen LogP) is 4.12. The second kappa shape index (κ2) is 6.56. The van der Waals surface area contributed by atoms with Gasteiger partial charge in [0.05, 0.1) is 10.6 Å². The van der Waals surface area contributed by atoms with Crippen LogP contribution in [0, 0.1) is 24.0 Å². The molecule has 2 aromatic carbocycles. The lowest BCUT2D eigenvalue weighted by atomic mass is 10.1. The fraction of sp³-hybridized carbons (Fsp3) is 0.111. The highest BCUT2D eigenvalue weighted by atomic mass is 16.6. The monoisotopic (exact) mass is 336 g/mol. The molecule has 2 N–H and O–H groups in total. The van der Waals surface area contributed by atoms with Gasteiger partial charge in [-0.1, -0.05) is 6.07 Å². The first-order chi connectivity index (χ1) is 11.9. The molecule has 0 fully saturated rings. The van der Waals surface area contributed by atoms with E-state index in [-0.39, 0.29) is 11.4 Å². The highest BCUT2D eigenvalue weighted by Gasteiger charge is 2.15. The Morgan fingerprint density at radius 2 is 1.80 bits per heavy atom. The van der Waals surface area contributed by atoms with Crippen LogP contribution in [0.15, 0.2) is 48.7 Å². The molecule has 1 aromatic heterocycles. The van der Waals surface area contributed by atoms with E-state index in [0.717, 1.165) is 16.8 Å². The van der Waals surface area contributed by atoms with Crippen LogP contribution in [-0.2, 0) is 0 Å². The number of phenols is 1. The largest absolute Gasteiger partial charge is 0.502 e. The van der Waals surface area contributed by atoms with E-state index in [1.54, 1.807) is 18.3 Å². The Hall–Kier alpha value is -3.48. The van der Waals surface area contributed by atoms with Gasteiger partial charge in [0.15, 0.2) is 5.75 Å². The second-order valence-corrected chi connectivity index (χ2v) is 5.73. The number of benzene rings is 2. The van der Waals surface area contributed by atoms with Crippen LogP contribution in [0.25, 0.3) is 11.3 Å². The van der Waals surface area contributed by atoms with Gasteiger partial charge < -0.3 is 10.4 Å². The Morgan fingerprint density at radius 3 is 2.48 bits per heavy atom. The van der Waals surface area contributed by atoms with Crippen LogP contribution in [0.3, 0.4) is 0 Å². The summed E-state index contributed by atoms with van der Waals surface area (Å²) in [6.07, 6.45) is 1.58. The first-order valence-corrected chi connectivity index (χ1v) is 7.58. The molecule has 3 rings (SSSR count). The SMILES string of the molecule is Cc1cc(C)cc(Nc2nccc(-c3ccc(O)c([N+](=O)[O-])c3)n2)c1. The quantitative estimate of drug-likeness (QED) is 0.549. The first kappa shape index (κ1) is 16.4. The summed E-state index contributed by atoms with van der Waals surface area (Å²) in [6, 6.07) is 11.8. The van der Waals surface area contributed by atoms with E-state index in [1.165, 1.54) is 12.1 Å². The first-order valence-electron chi connectivity index (χ1n) is 7.58. The average molecular weight is 336 g/mol. The van der Waals surface area contributed by atoms with Crippen LogP contribution in [0.4, 0.5) is 17.3 Å². The lowest BCUT2D eigenvalue weighted by Gasteiger charge is -2.08. The van der Waals surface area contributed by atoms with E-state index in [0.29, 0.717) is 17.2 Å². The zero-order valence-electron chi connectivity index (χ0n) is 13.7. The minimum atomic E-state index is -0.630. The number of rotatable bonds is 4. The summed E-state index contributed by atoms with van der Waals surface area (Å²) in [6.45, 7) is 4.01. The van der Waals surface area contributed by atoms with Crippen molar-refractivity contribution in [2.75, 3.05) is 5.32 Å². The molecule has 0 aliphatic carbocycles. The van der Waals surface area contributed by atoms with E-state index >= 15 is 0 Å². The lowest BCUT2D eigenvalue weighted by molar-refractivity contribution is -0.385. The molecule has 3 aromatic rings. The van der Waals surface area contributed by atoms with Crippen molar-refractivity contribution in [3.63, 3.8) is 0 Å². The molecule has 0 saturated carbocycles. The van der Waals surface area contributed by atoms with Gasteiger partial charge in [-0.2, -0.15) is 0 Å². The van der Waals surface area contributed by atoms with Crippen molar-refractivity contribution < 1.29 is 10.0 Å². The number of hydrogen-bond acceptors (Lipinski definition) is 6. The molecule has 0 atom stereocenters. The fourth-order valence-corrected chi connectivity index (χ4v) is 2.58. The van der Waals surface area contributed by atoms with Crippen LogP contribution in [0.1, 0.15) is 11.1 Å². The lowest BCUT2D eigenvalue weighted by Crippen LogP contribution is -1.99. The number of nitrogens with one attached hydrogen (secondary N) is 1. The van der Waals surface area contributed by atoms with Crippen LogP contribution in [0.5, 0.6) is 5.75 Å². The molecule has 0 aliphatic rings. The van der Waals surface area contributed by atoms with Crippen molar-refractivity contribution >= 4 is 17.3 Å². The molecule has 25 heavy (non-hydrogen) atoms. The highest BCUT2D eigenvalue weighted by molar-refractivity contribution is 5.67. The maximum Gasteiger partial charge on any atom is 0.311 e. The Morgan fingerprint density at radius 1 is 1.08 bits per heavy atom. The average Bonchev–Trinajstić information content (AvgIpc) is 2.54. The third-order valence-corrected chi connectivity index (χ3v) is 3.60. The molecule has 0 saturated heterocycles. The molecule has 7 nitrogen and oxygen atoms in total. The van der Waals surface area contributed by atoms with Crippen LogP contribution >= 0.6 is 0 Å². The summed E-state index contributed by atoms with van der Waals surface area (Å²) in [5.41, 5.74) is 3.78. The second-order valence-electron chi connectivity index (χ2n) is 5.73. The van der Waals surface area contributed by atoms with E-state index in [9.17, 15) is 15.2 Å². The van der Waals surface area contributed by atoms with Crippen LogP contribution in [0.2, 0.25) is 0 Å². The number of nitrogens with zero attached hydrogens (tertiary/aromatic N) is 3. The number of aryl methyl sites for hydroxylation is 2. The zero-order chi connectivity index (χ0) is 18.0. The smallest absolute Gasteiger partial charge is 0.311 e. The van der Waals surface area contributed by atoms with Crippen LogP contribution in [-0.4, -0.2) is 20.0 Å². The number of anilines is 2. The molecule has 0 unspecified atom stereocenters. The van der Waals surface area contributed by atoms with E-state index in [4.69, 9.17) is 0 Å². The van der Waals surface area contributed by atoms with Crippen molar-refractivity contribution in [2.24, 2.45) is 0 Å². The van der Waals surface area contributed by atoms with Gasteiger partial charge in [0.25, 0.3) is 0 Å². The molecule has 0 aliphatic heterocycles. The Balaban J connectivity index is 1.94. The van der Waals surface area contributed by atoms with Crippen molar-refractivity contribution in [2.45, 2.75) is 13.8 Å². The molecule has 0 radical (unpaired) electrons. The normalized spacial score (nSPS) is 10.5. The van der Waals surface area contributed by atoms with Crippen LogP contribution < -0.4 is 5.32 Å².